The predicted molar refractivity (Wildman–Crippen MR) is 74.5 cm³/mol. The van der Waals surface area contributed by atoms with E-state index in [1.54, 1.807) is 23.9 Å². The summed E-state index contributed by atoms with van der Waals surface area (Å²) in [6.07, 6.45) is 1.08. The molecular weight excluding hydrogens is 232 g/mol. The van der Waals surface area contributed by atoms with Crippen LogP contribution in [0.4, 0.5) is 5.69 Å². The number of anilines is 1. The Morgan fingerprint density at radius 3 is 2.76 bits per heavy atom. The third-order valence-corrected chi connectivity index (χ3v) is 3.86. The minimum atomic E-state index is -0.0431. The smallest absolute Gasteiger partial charge is 0.251 e. The van der Waals surface area contributed by atoms with Crippen molar-refractivity contribution in [3.05, 3.63) is 23.8 Å². The topological polar surface area (TPSA) is 55.1 Å². The SMILES string of the molecule is CCNC(=O)c1ccc(N)c(SC(C)CC)c1. The van der Waals surface area contributed by atoms with Gasteiger partial charge in [-0.2, -0.15) is 0 Å². The van der Waals surface area contributed by atoms with Crippen molar-refractivity contribution in [3.8, 4) is 0 Å². The number of thioether (sulfide) groups is 1. The van der Waals surface area contributed by atoms with E-state index in [4.69, 9.17) is 5.73 Å². The van der Waals surface area contributed by atoms with Crippen molar-refractivity contribution in [1.82, 2.24) is 5.32 Å². The van der Waals surface area contributed by atoms with Gasteiger partial charge in [-0.1, -0.05) is 13.8 Å². The molecule has 17 heavy (non-hydrogen) atoms. The number of hydrogen-bond donors (Lipinski definition) is 2. The lowest BCUT2D eigenvalue weighted by Gasteiger charge is -2.12. The van der Waals surface area contributed by atoms with E-state index in [0.717, 1.165) is 17.0 Å². The van der Waals surface area contributed by atoms with Crippen molar-refractivity contribution in [2.45, 2.75) is 37.3 Å². The van der Waals surface area contributed by atoms with E-state index < -0.39 is 0 Å². The highest BCUT2D eigenvalue weighted by molar-refractivity contribution is 8.00. The van der Waals surface area contributed by atoms with E-state index in [-0.39, 0.29) is 5.91 Å². The van der Waals surface area contributed by atoms with E-state index in [1.807, 2.05) is 13.0 Å². The van der Waals surface area contributed by atoms with Gasteiger partial charge in [0, 0.05) is 27.9 Å². The first-order chi connectivity index (χ1) is 8.08. The first-order valence-corrected chi connectivity index (χ1v) is 6.80. The number of rotatable bonds is 5. The molecule has 0 heterocycles. The first-order valence-electron chi connectivity index (χ1n) is 5.92. The molecule has 0 aliphatic heterocycles. The van der Waals surface area contributed by atoms with Crippen molar-refractivity contribution in [2.24, 2.45) is 0 Å². The van der Waals surface area contributed by atoms with Gasteiger partial charge < -0.3 is 11.1 Å². The fraction of sp³-hybridized carbons (Fsp3) is 0.462. The monoisotopic (exact) mass is 252 g/mol. The van der Waals surface area contributed by atoms with Crippen LogP contribution < -0.4 is 11.1 Å². The molecule has 3 nitrogen and oxygen atoms in total. The predicted octanol–water partition coefficient (Wildman–Crippen LogP) is 2.91. The molecule has 1 aromatic carbocycles. The molecule has 0 saturated carbocycles. The Balaban J connectivity index is 2.90. The highest BCUT2D eigenvalue weighted by Crippen LogP contribution is 2.30. The van der Waals surface area contributed by atoms with Crippen LogP contribution >= 0.6 is 11.8 Å². The third-order valence-electron chi connectivity index (χ3n) is 2.52. The maximum Gasteiger partial charge on any atom is 0.251 e. The lowest BCUT2D eigenvalue weighted by atomic mass is 10.2. The molecule has 0 spiro atoms. The summed E-state index contributed by atoms with van der Waals surface area (Å²) in [6.45, 7) is 6.84. The van der Waals surface area contributed by atoms with Crippen LogP contribution in [-0.2, 0) is 0 Å². The van der Waals surface area contributed by atoms with Crippen LogP contribution in [0.3, 0.4) is 0 Å². The van der Waals surface area contributed by atoms with Crippen LogP contribution in [0, 0.1) is 0 Å². The molecule has 1 atom stereocenters. The molecule has 0 fully saturated rings. The van der Waals surface area contributed by atoms with Gasteiger partial charge in [0.15, 0.2) is 0 Å². The Bertz CT molecular complexity index is 393. The molecule has 0 radical (unpaired) electrons. The maximum atomic E-state index is 11.7. The number of nitrogens with one attached hydrogen (secondary N) is 1. The van der Waals surface area contributed by atoms with E-state index in [0.29, 0.717) is 17.4 Å². The van der Waals surface area contributed by atoms with Crippen LogP contribution in [0.5, 0.6) is 0 Å². The van der Waals surface area contributed by atoms with Gasteiger partial charge >= 0.3 is 0 Å². The highest BCUT2D eigenvalue weighted by Gasteiger charge is 2.10. The summed E-state index contributed by atoms with van der Waals surface area (Å²) in [5.41, 5.74) is 7.33. The third kappa shape index (κ3) is 3.97. The molecule has 0 bridgehead atoms. The van der Waals surface area contributed by atoms with E-state index in [2.05, 4.69) is 19.2 Å². The molecule has 1 rings (SSSR count). The van der Waals surface area contributed by atoms with Crippen molar-refractivity contribution < 1.29 is 4.79 Å². The van der Waals surface area contributed by atoms with Crippen molar-refractivity contribution in [1.29, 1.82) is 0 Å². The molecule has 0 aliphatic rings. The molecule has 3 N–H and O–H groups in total. The molecule has 0 aromatic heterocycles. The largest absolute Gasteiger partial charge is 0.398 e. The summed E-state index contributed by atoms with van der Waals surface area (Å²) in [6, 6.07) is 5.44. The molecule has 0 aliphatic carbocycles. The second-order valence-corrected chi connectivity index (χ2v) is 5.43. The number of benzene rings is 1. The van der Waals surface area contributed by atoms with Gasteiger partial charge in [-0.3, -0.25) is 4.79 Å². The summed E-state index contributed by atoms with van der Waals surface area (Å²) >= 11 is 1.71. The maximum absolute atomic E-state index is 11.7. The summed E-state index contributed by atoms with van der Waals surface area (Å²) < 4.78 is 0. The van der Waals surface area contributed by atoms with Crippen molar-refractivity contribution in [3.63, 3.8) is 0 Å². The zero-order valence-electron chi connectivity index (χ0n) is 10.6. The van der Waals surface area contributed by atoms with Gasteiger partial charge in [-0.25, -0.2) is 0 Å². The lowest BCUT2D eigenvalue weighted by molar-refractivity contribution is 0.0955. The molecule has 0 saturated heterocycles. The Kier molecular flexibility index (Phi) is 5.35. The Morgan fingerprint density at radius 1 is 1.47 bits per heavy atom. The van der Waals surface area contributed by atoms with Crippen LogP contribution in [0.25, 0.3) is 0 Å². The minimum absolute atomic E-state index is 0.0431. The zero-order valence-corrected chi connectivity index (χ0v) is 11.4. The quantitative estimate of drug-likeness (QED) is 0.626. The van der Waals surface area contributed by atoms with Crippen LogP contribution in [0.1, 0.15) is 37.6 Å². The van der Waals surface area contributed by atoms with Gasteiger partial charge in [-0.15, -0.1) is 11.8 Å². The summed E-state index contributed by atoms with van der Waals surface area (Å²) in [7, 11) is 0. The standard InChI is InChI=1S/C13H20N2OS/c1-4-9(3)17-12-8-10(6-7-11(12)14)13(16)15-5-2/h6-9H,4-5,14H2,1-3H3,(H,15,16). The average Bonchev–Trinajstić information content (AvgIpc) is 2.32. The summed E-state index contributed by atoms with van der Waals surface area (Å²) in [5.74, 6) is -0.0431. The molecule has 1 aromatic rings. The van der Waals surface area contributed by atoms with E-state index in [1.165, 1.54) is 0 Å². The van der Waals surface area contributed by atoms with Gasteiger partial charge in [0.05, 0.1) is 0 Å². The number of nitrogens with two attached hydrogens (primary N) is 1. The first kappa shape index (κ1) is 13.9. The fourth-order valence-corrected chi connectivity index (χ4v) is 2.34. The second-order valence-electron chi connectivity index (χ2n) is 3.95. The molecular formula is C13H20N2OS. The second kappa shape index (κ2) is 6.55. The fourth-order valence-electron chi connectivity index (χ4n) is 1.34. The number of carbonyl (C=O) groups is 1. The molecule has 94 valence electrons. The molecule has 1 amide bonds. The minimum Gasteiger partial charge on any atom is -0.398 e. The Hall–Kier alpha value is -1.16. The lowest BCUT2D eigenvalue weighted by Crippen LogP contribution is -2.22. The summed E-state index contributed by atoms with van der Waals surface area (Å²) in [4.78, 5) is 12.7. The molecule has 1 unspecified atom stereocenters. The van der Waals surface area contributed by atoms with Crippen molar-refractivity contribution >= 4 is 23.4 Å². The zero-order chi connectivity index (χ0) is 12.8. The van der Waals surface area contributed by atoms with Crippen molar-refractivity contribution in [2.75, 3.05) is 12.3 Å². The van der Waals surface area contributed by atoms with Gasteiger partial charge in [0.2, 0.25) is 0 Å². The Labute approximate surface area is 107 Å². The van der Waals surface area contributed by atoms with Gasteiger partial charge in [0.25, 0.3) is 5.91 Å². The van der Waals surface area contributed by atoms with Crippen LogP contribution in [0.15, 0.2) is 23.1 Å². The molecule has 4 heteroatoms. The van der Waals surface area contributed by atoms with E-state index >= 15 is 0 Å². The van der Waals surface area contributed by atoms with Gasteiger partial charge in [-0.05, 0) is 31.5 Å². The van der Waals surface area contributed by atoms with Gasteiger partial charge in [0.1, 0.15) is 0 Å². The average molecular weight is 252 g/mol. The van der Waals surface area contributed by atoms with E-state index in [9.17, 15) is 4.79 Å². The van der Waals surface area contributed by atoms with Crippen LogP contribution in [0.2, 0.25) is 0 Å². The number of amides is 1. The normalized spacial score (nSPS) is 12.2. The Morgan fingerprint density at radius 2 is 2.18 bits per heavy atom. The number of hydrogen-bond acceptors (Lipinski definition) is 3. The van der Waals surface area contributed by atoms with Crippen LogP contribution in [-0.4, -0.2) is 17.7 Å². The number of carbonyl (C=O) groups excluding carboxylic acids is 1. The highest BCUT2D eigenvalue weighted by atomic mass is 32.2. The summed E-state index contributed by atoms with van der Waals surface area (Å²) in [5, 5.41) is 3.29. The number of nitrogen functional groups attached to an aromatic ring is 1.